The Morgan fingerprint density at radius 3 is 2.21 bits per heavy atom. The zero-order chi connectivity index (χ0) is 21.0. The van der Waals surface area contributed by atoms with Crippen LogP contribution in [-0.4, -0.2) is 41.2 Å². The first-order valence-electron chi connectivity index (χ1n) is 8.49. The molecule has 1 aromatic heterocycles. The lowest BCUT2D eigenvalue weighted by atomic mass is 10.1. The number of carboxylic acids is 1. The molecule has 0 spiro atoms. The minimum absolute atomic E-state index is 0.0956. The number of thioether (sulfide) groups is 1. The Morgan fingerprint density at radius 1 is 1.10 bits per heavy atom. The van der Waals surface area contributed by atoms with Gasteiger partial charge in [-0.15, -0.1) is 10.2 Å². The highest BCUT2D eigenvalue weighted by Crippen LogP contribution is 2.27. The van der Waals surface area contributed by atoms with Gasteiger partial charge in [0.05, 0.1) is 16.6 Å². The van der Waals surface area contributed by atoms with Gasteiger partial charge in [0.2, 0.25) is 0 Å². The van der Waals surface area contributed by atoms with Crippen LogP contribution < -0.4 is 0 Å². The van der Waals surface area contributed by atoms with E-state index in [0.717, 1.165) is 16.1 Å². The molecular formula is C19H17ClN2O4S3. The van der Waals surface area contributed by atoms with Crippen LogP contribution in [0.4, 0.5) is 0 Å². The lowest BCUT2D eigenvalue weighted by Gasteiger charge is -2.12. The second kappa shape index (κ2) is 9.25. The van der Waals surface area contributed by atoms with Crippen molar-refractivity contribution in [3.8, 4) is 11.1 Å². The van der Waals surface area contributed by atoms with E-state index in [9.17, 15) is 18.3 Å². The molecule has 3 aromatic rings. The van der Waals surface area contributed by atoms with Crippen LogP contribution in [-0.2, 0) is 14.6 Å². The molecule has 0 aliphatic rings. The van der Waals surface area contributed by atoms with Crippen molar-refractivity contribution in [2.75, 3.05) is 11.5 Å². The van der Waals surface area contributed by atoms with E-state index in [1.165, 1.54) is 35.2 Å². The number of aromatic nitrogens is 2. The first kappa shape index (κ1) is 21.8. The number of sulfone groups is 1. The number of aryl methyl sites for hydroxylation is 1. The van der Waals surface area contributed by atoms with Crippen LogP contribution in [0, 0.1) is 12.8 Å². The fourth-order valence-electron chi connectivity index (χ4n) is 2.56. The number of hydrogen-bond donors (Lipinski definition) is 1. The number of aliphatic carboxylic acids is 1. The minimum atomic E-state index is -3.76. The van der Waals surface area contributed by atoms with Crippen LogP contribution >= 0.6 is 34.7 Å². The molecule has 0 fully saturated rings. The third-order valence-corrected chi connectivity index (χ3v) is 8.29. The van der Waals surface area contributed by atoms with Crippen LogP contribution in [0.5, 0.6) is 0 Å². The lowest BCUT2D eigenvalue weighted by Crippen LogP contribution is -2.26. The predicted molar refractivity (Wildman–Crippen MR) is 115 cm³/mol. The molecule has 2 aromatic carbocycles. The van der Waals surface area contributed by atoms with Crippen molar-refractivity contribution in [1.82, 2.24) is 10.2 Å². The van der Waals surface area contributed by atoms with Crippen molar-refractivity contribution in [1.29, 1.82) is 0 Å². The molecular weight excluding hydrogens is 452 g/mol. The largest absolute Gasteiger partial charge is 0.481 e. The SMILES string of the molecule is Cc1nnc(SCC(CS(=O)(=O)c2ccc(-c3ccc(Cl)cc3)cc2)C(=O)O)s1. The van der Waals surface area contributed by atoms with Crippen molar-refractivity contribution >= 4 is 50.5 Å². The standard InChI is InChI=1S/C19H17ClN2O4S3/c1-12-21-22-19(28-12)27-10-15(18(23)24)11-29(25,26)17-8-4-14(5-9-17)13-2-6-16(20)7-3-13/h2-9,15H,10-11H2,1H3,(H,23,24). The fraction of sp³-hybridized carbons (Fsp3) is 0.211. The van der Waals surface area contributed by atoms with E-state index < -0.39 is 27.5 Å². The first-order valence-corrected chi connectivity index (χ1v) is 12.3. The highest BCUT2D eigenvalue weighted by Gasteiger charge is 2.27. The van der Waals surface area contributed by atoms with Crippen molar-refractivity contribution in [2.24, 2.45) is 5.92 Å². The van der Waals surface area contributed by atoms with Gasteiger partial charge in [0, 0.05) is 10.8 Å². The molecule has 0 saturated carbocycles. The quantitative estimate of drug-likeness (QED) is 0.488. The van der Waals surface area contributed by atoms with Crippen molar-refractivity contribution in [3.05, 3.63) is 58.6 Å². The molecule has 0 saturated heterocycles. The van der Waals surface area contributed by atoms with E-state index in [1.807, 2.05) is 12.1 Å². The summed E-state index contributed by atoms with van der Waals surface area (Å²) in [6, 6.07) is 13.6. The van der Waals surface area contributed by atoms with Gasteiger partial charge in [0.1, 0.15) is 5.01 Å². The van der Waals surface area contributed by atoms with Gasteiger partial charge < -0.3 is 5.11 Å². The molecule has 152 valence electrons. The van der Waals surface area contributed by atoms with Gasteiger partial charge >= 0.3 is 5.97 Å². The van der Waals surface area contributed by atoms with E-state index in [-0.39, 0.29) is 10.6 Å². The second-order valence-electron chi connectivity index (χ2n) is 6.25. The Morgan fingerprint density at radius 2 is 1.69 bits per heavy atom. The zero-order valence-corrected chi connectivity index (χ0v) is 18.5. The van der Waals surface area contributed by atoms with Crippen LogP contribution in [0.1, 0.15) is 5.01 Å². The molecule has 0 aliphatic carbocycles. The molecule has 3 rings (SSSR count). The van der Waals surface area contributed by atoms with Crippen molar-refractivity contribution in [3.63, 3.8) is 0 Å². The third kappa shape index (κ3) is 5.79. The zero-order valence-electron chi connectivity index (χ0n) is 15.3. The molecule has 1 N–H and O–H groups in total. The average Bonchev–Trinajstić information content (AvgIpc) is 3.11. The monoisotopic (exact) mass is 468 g/mol. The van der Waals surface area contributed by atoms with Crippen molar-refractivity contribution < 1.29 is 18.3 Å². The second-order valence-corrected chi connectivity index (χ2v) is 11.2. The topological polar surface area (TPSA) is 97.2 Å². The molecule has 1 unspecified atom stereocenters. The van der Waals surface area contributed by atoms with Gasteiger partial charge in [0.25, 0.3) is 0 Å². The van der Waals surface area contributed by atoms with Gasteiger partial charge in [-0.3, -0.25) is 4.79 Å². The number of hydrogen-bond acceptors (Lipinski definition) is 7. The van der Waals surface area contributed by atoms with Crippen LogP contribution in [0.2, 0.25) is 5.02 Å². The van der Waals surface area contributed by atoms with E-state index in [2.05, 4.69) is 10.2 Å². The van der Waals surface area contributed by atoms with Crippen LogP contribution in [0.25, 0.3) is 11.1 Å². The van der Waals surface area contributed by atoms with Gasteiger partial charge in [0.15, 0.2) is 14.2 Å². The van der Waals surface area contributed by atoms with Gasteiger partial charge in [-0.05, 0) is 42.3 Å². The van der Waals surface area contributed by atoms with Gasteiger partial charge in [-0.25, -0.2) is 8.42 Å². The summed E-state index contributed by atoms with van der Waals surface area (Å²) in [6.07, 6.45) is 0. The Balaban J connectivity index is 1.72. The maximum Gasteiger partial charge on any atom is 0.308 e. The van der Waals surface area contributed by atoms with E-state index in [4.69, 9.17) is 11.6 Å². The Bertz CT molecular complexity index is 1100. The Hall–Kier alpha value is -1.94. The summed E-state index contributed by atoms with van der Waals surface area (Å²) in [7, 11) is -3.76. The maximum atomic E-state index is 12.7. The summed E-state index contributed by atoms with van der Waals surface area (Å²) in [4.78, 5) is 11.7. The summed E-state index contributed by atoms with van der Waals surface area (Å²) in [5.41, 5.74) is 1.75. The van der Waals surface area contributed by atoms with E-state index >= 15 is 0 Å². The summed E-state index contributed by atoms with van der Waals surface area (Å²) in [5, 5.41) is 18.7. The third-order valence-electron chi connectivity index (χ3n) is 4.08. The van der Waals surface area contributed by atoms with Gasteiger partial charge in [-0.1, -0.05) is 59.0 Å². The average molecular weight is 469 g/mol. The molecule has 29 heavy (non-hydrogen) atoms. The Labute approximate surface area is 181 Å². The number of carboxylic acid groups (broad SMARTS) is 1. The molecule has 0 bridgehead atoms. The first-order chi connectivity index (χ1) is 13.7. The fourth-order valence-corrected chi connectivity index (χ4v) is 6.29. The molecule has 1 atom stereocenters. The lowest BCUT2D eigenvalue weighted by molar-refractivity contribution is -0.140. The van der Waals surface area contributed by atoms with Crippen molar-refractivity contribution in [2.45, 2.75) is 16.2 Å². The number of carbonyl (C=O) groups is 1. The predicted octanol–water partition coefficient (Wildman–Crippen LogP) is 4.43. The smallest absolute Gasteiger partial charge is 0.308 e. The molecule has 6 nitrogen and oxygen atoms in total. The molecule has 0 aliphatic heterocycles. The maximum absolute atomic E-state index is 12.7. The number of rotatable bonds is 8. The van der Waals surface area contributed by atoms with Gasteiger partial charge in [-0.2, -0.15) is 0 Å². The summed E-state index contributed by atoms with van der Waals surface area (Å²) in [6.45, 7) is 1.80. The highest BCUT2D eigenvalue weighted by atomic mass is 35.5. The summed E-state index contributed by atoms with van der Waals surface area (Å²) in [5.74, 6) is -2.58. The molecule has 0 radical (unpaired) electrons. The van der Waals surface area contributed by atoms with Crippen LogP contribution in [0.3, 0.4) is 0 Å². The van der Waals surface area contributed by atoms with E-state index in [1.54, 1.807) is 31.2 Å². The minimum Gasteiger partial charge on any atom is -0.481 e. The number of halogens is 1. The Kier molecular flexibility index (Phi) is 6.94. The summed E-state index contributed by atoms with van der Waals surface area (Å²) >= 11 is 8.44. The normalized spacial score (nSPS) is 12.6. The molecule has 1 heterocycles. The highest BCUT2D eigenvalue weighted by molar-refractivity contribution is 8.01. The number of nitrogens with zero attached hydrogens (tertiary/aromatic N) is 2. The van der Waals surface area contributed by atoms with Crippen LogP contribution in [0.15, 0.2) is 57.8 Å². The molecule has 0 amide bonds. The molecule has 10 heteroatoms. The number of benzene rings is 2. The summed E-state index contributed by atoms with van der Waals surface area (Å²) < 4.78 is 26.1. The van der Waals surface area contributed by atoms with E-state index in [0.29, 0.717) is 9.36 Å².